The number of rotatable bonds is 4. The van der Waals surface area contributed by atoms with Gasteiger partial charge in [-0.2, -0.15) is 11.8 Å². The van der Waals surface area contributed by atoms with Crippen LogP contribution in [0.5, 0.6) is 0 Å². The molecule has 1 saturated carbocycles. The maximum absolute atomic E-state index is 6.03. The van der Waals surface area contributed by atoms with Gasteiger partial charge in [-0.25, -0.2) is 4.98 Å². The summed E-state index contributed by atoms with van der Waals surface area (Å²) in [5.74, 6) is 1.45. The summed E-state index contributed by atoms with van der Waals surface area (Å²) < 4.78 is 3.79. The lowest BCUT2D eigenvalue weighted by Crippen LogP contribution is -2.15. The number of benzene rings is 1. The molecule has 0 saturated heterocycles. The average Bonchev–Trinajstić information content (AvgIpc) is 3.08. The Bertz CT molecular complexity index is 592. The Morgan fingerprint density at radius 1 is 1.50 bits per heavy atom. The van der Waals surface area contributed by atoms with Crippen molar-refractivity contribution in [3.8, 4) is 0 Å². The minimum absolute atomic E-state index is 0.413. The maximum atomic E-state index is 6.03. The Morgan fingerprint density at radius 2 is 2.28 bits per heavy atom. The summed E-state index contributed by atoms with van der Waals surface area (Å²) in [5.41, 5.74) is 2.21. The molecule has 0 amide bonds. The number of aromatic nitrogens is 2. The lowest BCUT2D eigenvalue weighted by molar-refractivity contribution is 0.655. The van der Waals surface area contributed by atoms with Gasteiger partial charge in [0, 0.05) is 15.8 Å². The van der Waals surface area contributed by atoms with E-state index >= 15 is 0 Å². The van der Waals surface area contributed by atoms with Crippen LogP contribution in [-0.2, 0) is 12.4 Å². The minimum atomic E-state index is 0.413. The first-order valence-electron chi connectivity index (χ1n) is 5.93. The zero-order valence-corrected chi connectivity index (χ0v) is 13.3. The predicted molar refractivity (Wildman–Crippen MR) is 82.5 cm³/mol. The van der Waals surface area contributed by atoms with Gasteiger partial charge in [-0.05, 0) is 37.3 Å². The van der Waals surface area contributed by atoms with E-state index in [0.717, 1.165) is 22.4 Å². The quantitative estimate of drug-likeness (QED) is 0.763. The standard InChI is InChI=1S/C13H14BrClN2S/c1-18-13(4-5-13)8-17-11-6-9(14)2-3-10(11)16-12(17)7-15/h2-3,6H,4-5,7-8H2,1H3. The van der Waals surface area contributed by atoms with E-state index in [0.29, 0.717) is 10.6 Å². The van der Waals surface area contributed by atoms with Crippen molar-refractivity contribution in [2.24, 2.45) is 0 Å². The molecule has 1 aromatic carbocycles. The number of fused-ring (bicyclic) bond motifs is 1. The second-order valence-corrected chi connectivity index (χ2v) is 7.23. The molecule has 1 aromatic heterocycles. The summed E-state index contributed by atoms with van der Waals surface area (Å²) in [6, 6.07) is 6.21. The molecular weight excluding hydrogens is 332 g/mol. The highest BCUT2D eigenvalue weighted by Crippen LogP contribution is 2.49. The first-order valence-corrected chi connectivity index (χ1v) is 8.48. The normalized spacial score (nSPS) is 17.3. The molecule has 1 heterocycles. The first kappa shape index (κ1) is 12.8. The van der Waals surface area contributed by atoms with E-state index in [4.69, 9.17) is 11.6 Å². The molecule has 1 aliphatic rings. The zero-order chi connectivity index (χ0) is 12.8. The summed E-state index contributed by atoms with van der Waals surface area (Å²) in [7, 11) is 0. The molecule has 0 bridgehead atoms. The Hall–Kier alpha value is -0.190. The molecule has 96 valence electrons. The van der Waals surface area contributed by atoms with Crippen LogP contribution in [0.4, 0.5) is 0 Å². The topological polar surface area (TPSA) is 17.8 Å². The van der Waals surface area contributed by atoms with Crippen LogP contribution in [0.15, 0.2) is 22.7 Å². The zero-order valence-electron chi connectivity index (χ0n) is 10.1. The molecule has 1 aliphatic carbocycles. The molecule has 0 aliphatic heterocycles. The molecule has 5 heteroatoms. The van der Waals surface area contributed by atoms with Gasteiger partial charge in [0.05, 0.1) is 16.9 Å². The van der Waals surface area contributed by atoms with Crippen molar-refractivity contribution in [3.63, 3.8) is 0 Å². The highest BCUT2D eigenvalue weighted by Gasteiger charge is 2.42. The van der Waals surface area contributed by atoms with Gasteiger partial charge in [0.2, 0.25) is 0 Å². The van der Waals surface area contributed by atoms with Crippen LogP contribution in [-0.4, -0.2) is 20.6 Å². The smallest absolute Gasteiger partial charge is 0.124 e. The summed E-state index contributed by atoms with van der Waals surface area (Å²) >= 11 is 11.5. The maximum Gasteiger partial charge on any atom is 0.124 e. The number of halogens is 2. The minimum Gasteiger partial charge on any atom is -0.326 e. The molecule has 0 unspecified atom stereocenters. The fourth-order valence-electron chi connectivity index (χ4n) is 2.28. The van der Waals surface area contributed by atoms with Crippen molar-refractivity contribution in [2.75, 3.05) is 6.26 Å². The molecule has 2 aromatic rings. The number of hydrogen-bond acceptors (Lipinski definition) is 2. The molecule has 3 rings (SSSR count). The second-order valence-electron chi connectivity index (χ2n) is 4.77. The van der Waals surface area contributed by atoms with Crippen LogP contribution in [0.3, 0.4) is 0 Å². The highest BCUT2D eigenvalue weighted by molar-refractivity contribution is 9.10. The summed E-state index contributed by atoms with van der Waals surface area (Å²) in [6.45, 7) is 1.02. The van der Waals surface area contributed by atoms with Gasteiger partial charge in [0.25, 0.3) is 0 Å². The molecule has 0 spiro atoms. The van der Waals surface area contributed by atoms with E-state index < -0.39 is 0 Å². The molecule has 1 fully saturated rings. The van der Waals surface area contributed by atoms with Crippen LogP contribution in [0.1, 0.15) is 18.7 Å². The number of hydrogen-bond donors (Lipinski definition) is 0. The second kappa shape index (κ2) is 4.73. The fourth-order valence-corrected chi connectivity index (χ4v) is 3.60. The monoisotopic (exact) mass is 344 g/mol. The third-order valence-electron chi connectivity index (χ3n) is 3.60. The van der Waals surface area contributed by atoms with E-state index in [-0.39, 0.29) is 0 Å². The van der Waals surface area contributed by atoms with Crippen molar-refractivity contribution < 1.29 is 0 Å². The van der Waals surface area contributed by atoms with Gasteiger partial charge in [-0.15, -0.1) is 11.6 Å². The Kier molecular flexibility index (Phi) is 3.37. The molecule has 0 N–H and O–H groups in total. The van der Waals surface area contributed by atoms with Crippen LogP contribution < -0.4 is 0 Å². The lowest BCUT2D eigenvalue weighted by atomic mass is 10.3. The van der Waals surface area contributed by atoms with Gasteiger partial charge < -0.3 is 4.57 Å². The third-order valence-corrected chi connectivity index (χ3v) is 5.73. The number of alkyl halides is 1. The number of nitrogens with zero attached hydrogens (tertiary/aromatic N) is 2. The van der Waals surface area contributed by atoms with Crippen LogP contribution in [0, 0.1) is 0 Å². The Labute approximate surface area is 124 Å². The van der Waals surface area contributed by atoms with Crippen molar-refractivity contribution in [3.05, 3.63) is 28.5 Å². The fraction of sp³-hybridized carbons (Fsp3) is 0.462. The van der Waals surface area contributed by atoms with Crippen molar-refractivity contribution in [2.45, 2.75) is 30.0 Å². The molecule has 2 nitrogen and oxygen atoms in total. The van der Waals surface area contributed by atoms with E-state index in [1.165, 1.54) is 18.4 Å². The molecule has 0 atom stereocenters. The van der Waals surface area contributed by atoms with Crippen molar-refractivity contribution in [1.29, 1.82) is 0 Å². The van der Waals surface area contributed by atoms with Gasteiger partial charge in [-0.1, -0.05) is 15.9 Å². The SMILES string of the molecule is CSC1(Cn2c(CCl)nc3ccc(Br)cc32)CC1. The summed E-state index contributed by atoms with van der Waals surface area (Å²) in [5, 5.41) is 0. The van der Waals surface area contributed by atoms with Gasteiger partial charge in [0.1, 0.15) is 5.82 Å². The Balaban J connectivity index is 2.09. The number of imidazole rings is 1. The summed E-state index contributed by atoms with van der Waals surface area (Å²) in [4.78, 5) is 4.62. The third kappa shape index (κ3) is 2.19. The Morgan fingerprint density at radius 3 is 2.89 bits per heavy atom. The highest BCUT2D eigenvalue weighted by atomic mass is 79.9. The van der Waals surface area contributed by atoms with Crippen LogP contribution >= 0.6 is 39.3 Å². The molecular formula is C13H14BrClN2S. The predicted octanol–water partition coefficient (Wildman–Crippen LogP) is 4.43. The first-order chi connectivity index (χ1) is 8.67. The van der Waals surface area contributed by atoms with E-state index in [2.05, 4.69) is 37.8 Å². The van der Waals surface area contributed by atoms with Gasteiger partial charge >= 0.3 is 0 Å². The van der Waals surface area contributed by atoms with E-state index in [1.807, 2.05) is 23.9 Å². The van der Waals surface area contributed by atoms with E-state index in [1.54, 1.807) is 0 Å². The summed E-state index contributed by atoms with van der Waals surface area (Å²) in [6.07, 6.45) is 4.79. The lowest BCUT2D eigenvalue weighted by Gasteiger charge is -2.15. The molecule has 0 radical (unpaired) electrons. The van der Waals surface area contributed by atoms with Crippen LogP contribution in [0.25, 0.3) is 11.0 Å². The molecule has 18 heavy (non-hydrogen) atoms. The number of thioether (sulfide) groups is 1. The average molecular weight is 346 g/mol. The van der Waals surface area contributed by atoms with Gasteiger partial charge in [0.15, 0.2) is 0 Å². The van der Waals surface area contributed by atoms with Gasteiger partial charge in [-0.3, -0.25) is 0 Å². The van der Waals surface area contributed by atoms with E-state index in [9.17, 15) is 0 Å². The van der Waals surface area contributed by atoms with Crippen molar-refractivity contribution >= 4 is 50.3 Å². The van der Waals surface area contributed by atoms with Crippen molar-refractivity contribution in [1.82, 2.24) is 9.55 Å². The largest absolute Gasteiger partial charge is 0.326 e. The van der Waals surface area contributed by atoms with Crippen LogP contribution in [0.2, 0.25) is 0 Å².